The van der Waals surface area contributed by atoms with E-state index in [0.29, 0.717) is 0 Å². The van der Waals surface area contributed by atoms with Gasteiger partial charge in [0.25, 0.3) is 11.8 Å². The molecule has 1 saturated carbocycles. The average molecular weight is 445 g/mol. The van der Waals surface area contributed by atoms with E-state index in [0.717, 1.165) is 36.8 Å². The number of hydrogen-bond donors (Lipinski definition) is 2. The van der Waals surface area contributed by atoms with Gasteiger partial charge < -0.3 is 15.2 Å². The summed E-state index contributed by atoms with van der Waals surface area (Å²) in [4.78, 5) is 43.1. The SMILES string of the molecule is CNC(=O)c1cn(C2CCCCC2)cc(C(=O)NC(c2ccccc2)c2ccncc2)c1=O. The maximum absolute atomic E-state index is 13.4. The summed E-state index contributed by atoms with van der Waals surface area (Å²) in [5, 5.41) is 5.53. The second-order valence-corrected chi connectivity index (χ2v) is 8.33. The van der Waals surface area contributed by atoms with E-state index in [4.69, 9.17) is 0 Å². The Morgan fingerprint density at radius 3 is 2.15 bits per heavy atom. The molecule has 170 valence electrons. The third-order valence-electron chi connectivity index (χ3n) is 6.21. The molecule has 0 saturated heterocycles. The molecule has 1 unspecified atom stereocenters. The van der Waals surface area contributed by atoms with Crippen molar-refractivity contribution in [3.63, 3.8) is 0 Å². The van der Waals surface area contributed by atoms with E-state index in [1.165, 1.54) is 13.5 Å². The van der Waals surface area contributed by atoms with E-state index in [-0.39, 0.29) is 17.2 Å². The van der Waals surface area contributed by atoms with Crippen LogP contribution in [0.5, 0.6) is 0 Å². The molecule has 33 heavy (non-hydrogen) atoms. The van der Waals surface area contributed by atoms with E-state index in [2.05, 4.69) is 15.6 Å². The van der Waals surface area contributed by atoms with Crippen molar-refractivity contribution >= 4 is 11.8 Å². The van der Waals surface area contributed by atoms with Gasteiger partial charge in [0.2, 0.25) is 5.43 Å². The Morgan fingerprint density at radius 2 is 1.52 bits per heavy atom. The fourth-order valence-electron chi connectivity index (χ4n) is 4.42. The van der Waals surface area contributed by atoms with Gasteiger partial charge in [0.1, 0.15) is 11.1 Å². The molecule has 4 rings (SSSR count). The van der Waals surface area contributed by atoms with Crippen LogP contribution in [0.4, 0.5) is 0 Å². The molecule has 0 bridgehead atoms. The number of benzene rings is 1. The lowest BCUT2D eigenvalue weighted by molar-refractivity contribution is 0.0940. The van der Waals surface area contributed by atoms with Crippen molar-refractivity contribution in [1.82, 2.24) is 20.2 Å². The molecule has 1 fully saturated rings. The predicted octanol–water partition coefficient (Wildman–Crippen LogP) is 3.63. The highest BCUT2D eigenvalue weighted by atomic mass is 16.2. The van der Waals surface area contributed by atoms with Gasteiger partial charge in [0.15, 0.2) is 0 Å². The number of nitrogens with one attached hydrogen (secondary N) is 2. The van der Waals surface area contributed by atoms with Crippen molar-refractivity contribution in [1.29, 1.82) is 0 Å². The van der Waals surface area contributed by atoms with Crippen LogP contribution in [0.15, 0.2) is 72.0 Å². The lowest BCUT2D eigenvalue weighted by Gasteiger charge is -2.26. The highest BCUT2D eigenvalue weighted by Gasteiger charge is 2.25. The smallest absolute Gasteiger partial charge is 0.257 e. The van der Waals surface area contributed by atoms with Crippen molar-refractivity contribution in [2.45, 2.75) is 44.2 Å². The molecule has 2 N–H and O–H groups in total. The number of pyridine rings is 2. The Labute approximate surface area is 192 Å². The molecular formula is C26H28N4O3. The molecule has 0 aliphatic heterocycles. The minimum atomic E-state index is -0.569. The first kappa shape index (κ1) is 22.5. The molecule has 0 spiro atoms. The van der Waals surface area contributed by atoms with E-state index in [9.17, 15) is 14.4 Å². The van der Waals surface area contributed by atoms with Gasteiger partial charge in [0, 0.05) is 37.9 Å². The van der Waals surface area contributed by atoms with Gasteiger partial charge in [0.05, 0.1) is 6.04 Å². The lowest BCUT2D eigenvalue weighted by atomic mass is 9.94. The largest absolute Gasteiger partial charge is 0.355 e. The van der Waals surface area contributed by atoms with Crippen LogP contribution in [0.25, 0.3) is 0 Å². The van der Waals surface area contributed by atoms with Gasteiger partial charge in [-0.25, -0.2) is 0 Å². The number of amides is 2. The molecule has 1 aliphatic carbocycles. The van der Waals surface area contributed by atoms with Crippen LogP contribution in [0, 0.1) is 0 Å². The van der Waals surface area contributed by atoms with Crippen LogP contribution in [0.2, 0.25) is 0 Å². The summed E-state index contributed by atoms with van der Waals surface area (Å²) in [6.07, 6.45) is 11.8. The number of rotatable bonds is 6. The van der Waals surface area contributed by atoms with E-state index in [1.54, 1.807) is 24.8 Å². The van der Waals surface area contributed by atoms with Crippen molar-refractivity contribution < 1.29 is 9.59 Å². The average Bonchev–Trinajstić information content (AvgIpc) is 2.88. The third kappa shape index (κ3) is 5.03. The molecule has 1 aromatic carbocycles. The summed E-state index contributed by atoms with van der Waals surface area (Å²) in [5.74, 6) is -1.01. The normalized spacial score (nSPS) is 14.9. The number of carbonyl (C=O) groups is 2. The van der Waals surface area contributed by atoms with Crippen LogP contribution in [-0.4, -0.2) is 28.4 Å². The van der Waals surface area contributed by atoms with Crippen LogP contribution in [0.1, 0.15) is 76.0 Å². The number of carbonyl (C=O) groups excluding carboxylic acids is 2. The summed E-state index contributed by atoms with van der Waals surface area (Å²) in [7, 11) is 1.48. The summed E-state index contributed by atoms with van der Waals surface area (Å²) in [6.45, 7) is 0. The Balaban J connectivity index is 1.74. The first-order valence-electron chi connectivity index (χ1n) is 11.3. The van der Waals surface area contributed by atoms with Crippen molar-refractivity contribution in [2.75, 3.05) is 7.05 Å². The fraction of sp³-hybridized carbons (Fsp3) is 0.308. The third-order valence-corrected chi connectivity index (χ3v) is 6.21. The highest BCUT2D eigenvalue weighted by molar-refractivity contribution is 5.99. The predicted molar refractivity (Wildman–Crippen MR) is 126 cm³/mol. The van der Waals surface area contributed by atoms with Gasteiger partial charge in [-0.1, -0.05) is 49.6 Å². The zero-order chi connectivity index (χ0) is 23.2. The second kappa shape index (κ2) is 10.3. The molecule has 2 heterocycles. The molecule has 1 atom stereocenters. The Hall–Kier alpha value is -3.74. The molecule has 2 amide bonds. The topological polar surface area (TPSA) is 93.1 Å². The second-order valence-electron chi connectivity index (χ2n) is 8.33. The van der Waals surface area contributed by atoms with Crippen LogP contribution < -0.4 is 16.1 Å². The maximum atomic E-state index is 13.4. The molecule has 0 radical (unpaired) electrons. The Morgan fingerprint density at radius 1 is 0.909 bits per heavy atom. The molecule has 7 heteroatoms. The van der Waals surface area contributed by atoms with Crippen LogP contribution >= 0.6 is 0 Å². The van der Waals surface area contributed by atoms with Crippen molar-refractivity contribution in [3.05, 3.63) is 99.7 Å². The Bertz CT molecular complexity index is 1130. The zero-order valence-electron chi connectivity index (χ0n) is 18.7. The molecule has 1 aliphatic rings. The molecular weight excluding hydrogens is 416 g/mol. The number of hydrogen-bond acceptors (Lipinski definition) is 4. The van der Waals surface area contributed by atoms with Crippen LogP contribution in [-0.2, 0) is 0 Å². The molecule has 7 nitrogen and oxygen atoms in total. The first-order valence-corrected chi connectivity index (χ1v) is 11.3. The minimum absolute atomic E-state index is 0.0177. The van der Waals surface area contributed by atoms with Crippen LogP contribution in [0.3, 0.4) is 0 Å². The van der Waals surface area contributed by atoms with Crippen molar-refractivity contribution in [2.24, 2.45) is 0 Å². The summed E-state index contributed by atoms with van der Waals surface area (Å²) < 4.78 is 1.88. The van der Waals surface area contributed by atoms with Gasteiger partial charge in [-0.15, -0.1) is 0 Å². The number of aromatic nitrogens is 2. The van der Waals surface area contributed by atoms with Gasteiger partial charge in [-0.3, -0.25) is 19.4 Å². The highest BCUT2D eigenvalue weighted by Crippen LogP contribution is 2.28. The first-order chi connectivity index (χ1) is 16.1. The zero-order valence-corrected chi connectivity index (χ0v) is 18.7. The fourth-order valence-corrected chi connectivity index (χ4v) is 4.42. The summed E-state index contributed by atoms with van der Waals surface area (Å²) in [5.41, 5.74) is 1.11. The molecule has 2 aromatic heterocycles. The molecule has 3 aromatic rings. The maximum Gasteiger partial charge on any atom is 0.257 e. The Kier molecular flexibility index (Phi) is 6.98. The monoisotopic (exact) mass is 444 g/mol. The number of nitrogens with zero attached hydrogens (tertiary/aromatic N) is 2. The summed E-state index contributed by atoms with van der Waals surface area (Å²) in [6, 6.07) is 12.9. The minimum Gasteiger partial charge on any atom is -0.355 e. The quantitative estimate of drug-likeness (QED) is 0.607. The van der Waals surface area contributed by atoms with Gasteiger partial charge >= 0.3 is 0 Å². The summed E-state index contributed by atoms with van der Waals surface area (Å²) >= 11 is 0. The van der Waals surface area contributed by atoms with E-state index in [1.807, 2.05) is 47.0 Å². The van der Waals surface area contributed by atoms with E-state index >= 15 is 0 Å². The van der Waals surface area contributed by atoms with Crippen molar-refractivity contribution in [3.8, 4) is 0 Å². The standard InChI is InChI=1S/C26H28N4O3/c1-27-25(32)21-16-30(20-10-6-3-7-11-20)17-22(24(21)31)26(33)29-23(18-8-4-2-5-9-18)19-12-14-28-15-13-19/h2,4-5,8-9,12-17,20,23H,3,6-7,10-11H2,1H3,(H,27,32)(H,29,33). The van der Waals surface area contributed by atoms with Gasteiger partial charge in [-0.05, 0) is 36.1 Å². The van der Waals surface area contributed by atoms with Gasteiger partial charge in [-0.2, -0.15) is 0 Å². The lowest BCUT2D eigenvalue weighted by Crippen LogP contribution is -2.37. The van der Waals surface area contributed by atoms with E-state index < -0.39 is 23.3 Å².